The molecule has 0 spiro atoms. The highest BCUT2D eigenvalue weighted by Crippen LogP contribution is 2.21. The molecule has 0 saturated heterocycles. The number of carbonyl (C=O) groups is 1. The lowest BCUT2D eigenvalue weighted by Crippen LogP contribution is -2.14. The van der Waals surface area contributed by atoms with Crippen molar-refractivity contribution in [1.82, 2.24) is 4.98 Å². The number of carbonyl (C=O) groups excluding carboxylic acids is 1. The van der Waals surface area contributed by atoms with Crippen molar-refractivity contribution in [3.05, 3.63) is 76.2 Å². The molecule has 29 heavy (non-hydrogen) atoms. The summed E-state index contributed by atoms with van der Waals surface area (Å²) in [6.45, 7) is 1.28. The first-order valence-corrected chi connectivity index (χ1v) is 9.51. The molecule has 1 aromatic heterocycles. The molecule has 1 atom stereocenters. The maximum atomic E-state index is 12.5. The summed E-state index contributed by atoms with van der Waals surface area (Å²) in [6.07, 6.45) is -12.4. The van der Waals surface area contributed by atoms with Gasteiger partial charge in [0.2, 0.25) is 5.91 Å². The lowest BCUT2D eigenvalue weighted by Gasteiger charge is -2.11. The zero-order valence-electron chi connectivity index (χ0n) is 26.6. The second-order valence-corrected chi connectivity index (χ2v) is 6.87. The highest BCUT2D eigenvalue weighted by atomic mass is 32.1. The fraction of sp³-hybridized carbons (Fsp3) is 0.304. The number of hydrogen-bond acceptors (Lipinski definition) is 5. The Morgan fingerprint density at radius 3 is 2.93 bits per heavy atom. The normalized spacial score (nSPS) is 20.0. The number of nitrogen functional groups attached to an aromatic ring is 1. The van der Waals surface area contributed by atoms with Gasteiger partial charge in [-0.25, -0.2) is 4.98 Å². The number of amides is 1. The second-order valence-electron chi connectivity index (χ2n) is 5.98. The van der Waals surface area contributed by atoms with Gasteiger partial charge < -0.3 is 16.2 Å². The summed E-state index contributed by atoms with van der Waals surface area (Å²) < 4.78 is 89.7. The third kappa shape index (κ3) is 6.69. The van der Waals surface area contributed by atoms with Crippen molar-refractivity contribution in [2.75, 3.05) is 11.1 Å². The molecule has 6 heteroatoms. The minimum atomic E-state index is -3.27. The number of aromatic nitrogens is 1. The average molecular weight is 421 g/mol. The Morgan fingerprint density at radius 1 is 1.41 bits per heavy atom. The summed E-state index contributed by atoms with van der Waals surface area (Å²) in [6, 6.07) is 3.10. The molecule has 0 radical (unpaired) electrons. The van der Waals surface area contributed by atoms with Crippen LogP contribution in [0.4, 0.5) is 10.8 Å². The number of aliphatic hydroxyl groups is 1. The molecular weight excluding hydrogens is 382 g/mol. The first-order chi connectivity index (χ1) is 18.2. The highest BCUT2D eigenvalue weighted by molar-refractivity contribution is 7.13. The number of hydrogen-bond donors (Lipinski definition) is 3. The van der Waals surface area contributed by atoms with Gasteiger partial charge in [-0.1, -0.05) is 48.3 Å². The molecule has 3 rings (SSSR count). The SMILES string of the molecule is [2H]c1c([2H])c(C)c([2H])c([C@@]([2H])(O)C([2H])([2H])CC([2H])([2H])Cc2ccc(NC(=O)C([2H])([2H])c3csc(N)n3)cc2)c1[2H]. The number of aryl methyl sites for hydroxylation is 1. The van der Waals surface area contributed by atoms with Gasteiger partial charge in [0.25, 0.3) is 0 Å². The largest absolute Gasteiger partial charge is 0.388 e. The third-order valence-corrected chi connectivity index (χ3v) is 4.35. The molecule has 0 saturated carbocycles. The van der Waals surface area contributed by atoms with Crippen LogP contribution >= 0.6 is 11.3 Å². The molecule has 152 valence electrons. The molecule has 4 N–H and O–H groups in total. The van der Waals surface area contributed by atoms with Crippen LogP contribution in [0.2, 0.25) is 0 Å². The Morgan fingerprint density at radius 2 is 2.21 bits per heavy atom. The van der Waals surface area contributed by atoms with Crippen LogP contribution in [-0.2, 0) is 17.6 Å². The predicted octanol–water partition coefficient (Wildman–Crippen LogP) is 4.66. The van der Waals surface area contributed by atoms with E-state index in [2.05, 4.69) is 10.3 Å². The van der Waals surface area contributed by atoms with Crippen LogP contribution in [0.5, 0.6) is 0 Å². The zero-order valence-corrected chi connectivity index (χ0v) is 16.4. The number of nitrogens with two attached hydrogens (primary N) is 1. The molecule has 0 bridgehead atoms. The Bertz CT molecular complexity index is 1400. The first-order valence-electron chi connectivity index (χ1n) is 14.1. The van der Waals surface area contributed by atoms with Crippen molar-refractivity contribution < 1.29 is 25.0 Å². The molecule has 0 aliphatic heterocycles. The predicted molar refractivity (Wildman–Crippen MR) is 119 cm³/mol. The van der Waals surface area contributed by atoms with Crippen molar-refractivity contribution in [2.45, 2.75) is 45.0 Å². The summed E-state index contributed by atoms with van der Waals surface area (Å²) in [5.41, 5.74) is 5.03. The molecule has 0 aliphatic carbocycles. The number of benzene rings is 2. The van der Waals surface area contributed by atoms with Crippen molar-refractivity contribution >= 4 is 28.1 Å². The van der Waals surface area contributed by atoms with E-state index in [1.54, 1.807) is 0 Å². The monoisotopic (exact) mass is 420 g/mol. The summed E-state index contributed by atoms with van der Waals surface area (Å²) in [5, 5.41) is 14.7. The summed E-state index contributed by atoms with van der Waals surface area (Å²) in [4.78, 5) is 16.3. The Hall–Kier alpha value is -2.70. The van der Waals surface area contributed by atoms with E-state index >= 15 is 0 Å². The smallest absolute Gasteiger partial charge is 0.230 e. The fourth-order valence-corrected chi connectivity index (χ4v) is 2.82. The summed E-state index contributed by atoms with van der Waals surface area (Å²) >= 11 is 0.992. The molecule has 1 amide bonds. The van der Waals surface area contributed by atoms with Crippen molar-refractivity contribution in [1.29, 1.82) is 0 Å². The van der Waals surface area contributed by atoms with E-state index in [1.807, 2.05) is 0 Å². The number of anilines is 2. The van der Waals surface area contributed by atoms with Crippen LogP contribution in [-0.4, -0.2) is 16.0 Å². The minimum Gasteiger partial charge on any atom is -0.388 e. The number of thiazole rings is 1. The number of rotatable bonds is 9. The van der Waals surface area contributed by atoms with Crippen molar-refractivity contribution in [3.63, 3.8) is 0 Å². The summed E-state index contributed by atoms with van der Waals surface area (Å²) in [7, 11) is 0. The van der Waals surface area contributed by atoms with Gasteiger partial charge in [0.1, 0.15) is 0 Å². The van der Waals surface area contributed by atoms with E-state index in [9.17, 15) is 9.90 Å². The van der Waals surface area contributed by atoms with E-state index in [0.29, 0.717) is 5.56 Å². The Labute approximate surface area is 191 Å². The van der Waals surface area contributed by atoms with Gasteiger partial charge in [-0.15, -0.1) is 11.3 Å². The highest BCUT2D eigenvalue weighted by Gasteiger charge is 2.08. The van der Waals surface area contributed by atoms with Gasteiger partial charge in [-0.2, -0.15) is 0 Å². The lowest BCUT2D eigenvalue weighted by atomic mass is 10.00. The van der Waals surface area contributed by atoms with E-state index in [1.165, 1.54) is 36.6 Å². The zero-order chi connectivity index (χ0) is 30.4. The van der Waals surface area contributed by atoms with Gasteiger partial charge in [0.15, 0.2) is 5.13 Å². The topological polar surface area (TPSA) is 88.2 Å². The van der Waals surface area contributed by atoms with Crippen LogP contribution in [0.15, 0.2) is 53.8 Å². The third-order valence-electron chi connectivity index (χ3n) is 3.67. The molecule has 3 aromatic rings. The summed E-state index contributed by atoms with van der Waals surface area (Å²) in [5.74, 6) is -0.990. The van der Waals surface area contributed by atoms with Crippen LogP contribution in [0.1, 0.15) is 62.7 Å². The molecule has 0 aliphatic rings. The molecular formula is C23H27N3O2S. The molecule has 0 unspecified atom stereocenters. The average Bonchev–Trinajstić information content (AvgIpc) is 3.28. The maximum absolute atomic E-state index is 12.5. The van der Waals surface area contributed by atoms with E-state index in [0.717, 1.165) is 11.3 Å². The fourth-order valence-electron chi connectivity index (χ4n) is 2.33. The maximum Gasteiger partial charge on any atom is 0.230 e. The van der Waals surface area contributed by atoms with E-state index < -0.39 is 67.3 Å². The second kappa shape index (κ2) is 10.2. The minimum absolute atomic E-state index is 0.112. The van der Waals surface area contributed by atoms with E-state index in [-0.39, 0.29) is 28.5 Å². The molecule has 0 fully saturated rings. The quantitative estimate of drug-likeness (QED) is 0.470. The van der Waals surface area contributed by atoms with Gasteiger partial charge >= 0.3 is 0 Å². The van der Waals surface area contributed by atoms with E-state index in [4.69, 9.17) is 20.8 Å². The Balaban J connectivity index is 1.76. The van der Waals surface area contributed by atoms with Gasteiger partial charge in [0.05, 0.1) is 25.0 Å². The molecule has 1 heterocycles. The standard InChI is InChI=1S/C23H27N3O2S/c1-16-5-4-7-18(13-16)21(27)8-3-2-6-17-9-11-19(12-10-17)25-22(28)14-20-15-29-23(24)26-20/h4-5,7,9-13,15,21,27H,2-3,6,8,14H2,1H3,(H2,24,26)(H,25,28)/t21-/m0/s1/i2D2,4D,5D,7D,8D2,13D,14D2,21D. The first kappa shape index (κ1) is 10.9. The van der Waals surface area contributed by atoms with Crippen LogP contribution in [0, 0.1) is 6.92 Å². The van der Waals surface area contributed by atoms with Crippen LogP contribution in [0.25, 0.3) is 0 Å². The van der Waals surface area contributed by atoms with Crippen LogP contribution in [0.3, 0.4) is 0 Å². The molecule has 5 nitrogen and oxygen atoms in total. The van der Waals surface area contributed by atoms with Gasteiger partial charge in [-0.05, 0) is 49.4 Å². The molecule has 2 aromatic carbocycles. The number of nitrogens with one attached hydrogen (secondary N) is 1. The van der Waals surface area contributed by atoms with Gasteiger partial charge in [0, 0.05) is 19.3 Å². The van der Waals surface area contributed by atoms with Gasteiger partial charge in [-0.3, -0.25) is 4.79 Å². The van der Waals surface area contributed by atoms with Crippen LogP contribution < -0.4 is 11.1 Å². The lowest BCUT2D eigenvalue weighted by molar-refractivity contribution is -0.115. The van der Waals surface area contributed by atoms with Crippen molar-refractivity contribution in [2.24, 2.45) is 0 Å². The Kier molecular flexibility index (Phi) is 3.83. The van der Waals surface area contributed by atoms with Crippen molar-refractivity contribution in [3.8, 4) is 0 Å². The number of nitrogens with zero attached hydrogens (tertiary/aromatic N) is 1.